The van der Waals surface area contributed by atoms with Gasteiger partial charge in [0.2, 0.25) is 5.91 Å². The molecule has 0 unspecified atom stereocenters. The molecule has 0 aliphatic carbocycles. The van der Waals surface area contributed by atoms with Crippen molar-refractivity contribution in [1.82, 2.24) is 5.32 Å². The molecule has 0 atom stereocenters. The van der Waals surface area contributed by atoms with E-state index in [1.165, 1.54) is 0 Å². The van der Waals surface area contributed by atoms with Crippen molar-refractivity contribution in [1.29, 1.82) is 0 Å². The van der Waals surface area contributed by atoms with E-state index in [-0.39, 0.29) is 5.91 Å². The lowest BCUT2D eigenvalue weighted by molar-refractivity contribution is -0.117. The number of anilines is 2. The average molecular weight is 247 g/mol. The van der Waals surface area contributed by atoms with Crippen LogP contribution in [0.3, 0.4) is 0 Å². The van der Waals surface area contributed by atoms with Crippen molar-refractivity contribution in [2.75, 3.05) is 30.4 Å². The molecule has 2 N–H and O–H groups in total. The number of carbonyl (C=O) groups is 1. The Balaban J connectivity index is 1.92. The third-order valence-electron chi connectivity index (χ3n) is 3.16. The summed E-state index contributed by atoms with van der Waals surface area (Å²) in [7, 11) is 1.83. The van der Waals surface area contributed by atoms with Gasteiger partial charge in [-0.25, -0.2) is 0 Å². The minimum atomic E-state index is 0.170. The van der Waals surface area contributed by atoms with Crippen LogP contribution in [0.25, 0.3) is 0 Å². The fourth-order valence-corrected chi connectivity index (χ4v) is 2.15. The molecule has 4 nitrogen and oxygen atoms in total. The molecule has 1 aromatic rings. The predicted octanol–water partition coefficient (Wildman–Crippen LogP) is 1.62. The first-order valence-corrected chi connectivity index (χ1v) is 6.44. The number of likely N-dealkylation sites (N-methyl/N-ethyl adjacent to an activating group) is 1. The zero-order valence-corrected chi connectivity index (χ0v) is 11.3. The van der Waals surface area contributed by atoms with Crippen molar-refractivity contribution >= 4 is 17.3 Å². The van der Waals surface area contributed by atoms with Gasteiger partial charge in [-0.15, -0.1) is 0 Å². The molecule has 0 saturated heterocycles. The van der Waals surface area contributed by atoms with Gasteiger partial charge in [-0.3, -0.25) is 4.79 Å². The molecule has 1 aliphatic heterocycles. The van der Waals surface area contributed by atoms with Crippen molar-refractivity contribution in [2.45, 2.75) is 26.3 Å². The van der Waals surface area contributed by atoms with Crippen LogP contribution in [0.5, 0.6) is 0 Å². The van der Waals surface area contributed by atoms with E-state index in [9.17, 15) is 4.79 Å². The van der Waals surface area contributed by atoms with Gasteiger partial charge in [0.05, 0.1) is 6.42 Å². The summed E-state index contributed by atoms with van der Waals surface area (Å²) >= 11 is 0. The predicted molar refractivity (Wildman–Crippen MR) is 75.2 cm³/mol. The molecular formula is C14H21N3O. The number of amides is 1. The minimum absolute atomic E-state index is 0.170. The number of carbonyl (C=O) groups excluding carboxylic acids is 1. The maximum Gasteiger partial charge on any atom is 0.231 e. The van der Waals surface area contributed by atoms with Gasteiger partial charge in [0.25, 0.3) is 0 Å². The Labute approximate surface area is 108 Å². The minimum Gasteiger partial charge on any atom is -0.384 e. The van der Waals surface area contributed by atoms with Crippen molar-refractivity contribution < 1.29 is 4.79 Å². The lowest BCUT2D eigenvalue weighted by Crippen LogP contribution is -2.28. The van der Waals surface area contributed by atoms with Gasteiger partial charge < -0.3 is 15.5 Å². The second kappa shape index (κ2) is 5.40. The third kappa shape index (κ3) is 2.82. The monoisotopic (exact) mass is 247 g/mol. The van der Waals surface area contributed by atoms with Crippen LogP contribution in [-0.2, 0) is 11.2 Å². The van der Waals surface area contributed by atoms with Gasteiger partial charge in [-0.1, -0.05) is 13.8 Å². The molecule has 2 rings (SSSR count). The van der Waals surface area contributed by atoms with E-state index in [1.807, 2.05) is 19.2 Å². The van der Waals surface area contributed by atoms with E-state index in [0.29, 0.717) is 12.5 Å². The summed E-state index contributed by atoms with van der Waals surface area (Å²) in [4.78, 5) is 13.3. The molecule has 0 fully saturated rings. The Morgan fingerprint density at radius 3 is 2.83 bits per heavy atom. The molecule has 0 bridgehead atoms. The highest BCUT2D eigenvalue weighted by Crippen LogP contribution is 2.29. The molecule has 0 saturated carbocycles. The van der Waals surface area contributed by atoms with Crippen molar-refractivity contribution in [3.8, 4) is 0 Å². The quantitative estimate of drug-likeness (QED) is 0.777. The van der Waals surface area contributed by atoms with E-state index >= 15 is 0 Å². The summed E-state index contributed by atoms with van der Waals surface area (Å²) in [5.74, 6) is 0.170. The van der Waals surface area contributed by atoms with Gasteiger partial charge in [0, 0.05) is 37.6 Å². The zero-order valence-electron chi connectivity index (χ0n) is 11.3. The second-order valence-corrected chi connectivity index (χ2v) is 5.01. The van der Waals surface area contributed by atoms with Crippen LogP contribution in [0, 0.1) is 0 Å². The number of hydrogen-bond acceptors (Lipinski definition) is 3. The number of hydrogen-bond donors (Lipinski definition) is 2. The molecule has 1 aliphatic rings. The van der Waals surface area contributed by atoms with Crippen molar-refractivity contribution in [2.24, 2.45) is 0 Å². The Kier molecular flexibility index (Phi) is 3.87. The van der Waals surface area contributed by atoms with Crippen LogP contribution in [-0.4, -0.2) is 32.1 Å². The summed E-state index contributed by atoms with van der Waals surface area (Å²) in [5, 5.41) is 6.72. The molecule has 1 amide bonds. The van der Waals surface area contributed by atoms with Crippen LogP contribution in [0.4, 0.5) is 11.4 Å². The number of fused-ring (bicyclic) bond motifs is 1. The first-order chi connectivity index (χ1) is 8.58. The maximum absolute atomic E-state index is 11.6. The standard InChI is InChI=1S/C14H21N3O/c1-10(2)15-6-7-16-12-4-5-13-11(8-12)9-14(18)17(13)3/h4-5,8,10,15-16H,6-7,9H2,1-3H3. The molecule has 0 aromatic heterocycles. The first-order valence-electron chi connectivity index (χ1n) is 6.44. The second-order valence-electron chi connectivity index (χ2n) is 5.01. The van der Waals surface area contributed by atoms with Crippen LogP contribution in [0.1, 0.15) is 19.4 Å². The number of rotatable bonds is 5. The summed E-state index contributed by atoms with van der Waals surface area (Å²) in [6.07, 6.45) is 0.519. The van der Waals surface area contributed by atoms with E-state index in [2.05, 4.69) is 30.5 Å². The summed E-state index contributed by atoms with van der Waals surface area (Å²) < 4.78 is 0. The van der Waals surface area contributed by atoms with E-state index in [4.69, 9.17) is 0 Å². The third-order valence-corrected chi connectivity index (χ3v) is 3.16. The van der Waals surface area contributed by atoms with Crippen LogP contribution < -0.4 is 15.5 Å². The largest absolute Gasteiger partial charge is 0.384 e. The smallest absolute Gasteiger partial charge is 0.231 e. The highest BCUT2D eigenvalue weighted by atomic mass is 16.2. The fourth-order valence-electron chi connectivity index (χ4n) is 2.15. The molecule has 1 heterocycles. The average Bonchev–Trinajstić information content (AvgIpc) is 2.60. The first kappa shape index (κ1) is 12.9. The molecule has 0 radical (unpaired) electrons. The highest BCUT2D eigenvalue weighted by molar-refractivity contribution is 6.01. The lowest BCUT2D eigenvalue weighted by atomic mass is 10.1. The van der Waals surface area contributed by atoms with Gasteiger partial charge >= 0.3 is 0 Å². The Morgan fingerprint density at radius 1 is 1.33 bits per heavy atom. The van der Waals surface area contributed by atoms with Crippen LogP contribution >= 0.6 is 0 Å². The summed E-state index contributed by atoms with van der Waals surface area (Å²) in [6.45, 7) is 6.10. The summed E-state index contributed by atoms with van der Waals surface area (Å²) in [6, 6.07) is 6.63. The molecule has 18 heavy (non-hydrogen) atoms. The Bertz CT molecular complexity index is 443. The van der Waals surface area contributed by atoms with Gasteiger partial charge in [-0.2, -0.15) is 0 Å². The fraction of sp³-hybridized carbons (Fsp3) is 0.500. The van der Waals surface area contributed by atoms with Gasteiger partial charge in [0.15, 0.2) is 0 Å². The van der Waals surface area contributed by atoms with E-state index in [0.717, 1.165) is 30.0 Å². The topological polar surface area (TPSA) is 44.4 Å². The van der Waals surface area contributed by atoms with Crippen molar-refractivity contribution in [3.63, 3.8) is 0 Å². The normalized spacial score (nSPS) is 14.2. The van der Waals surface area contributed by atoms with Gasteiger partial charge in [0.1, 0.15) is 0 Å². The number of benzene rings is 1. The van der Waals surface area contributed by atoms with Crippen LogP contribution in [0.15, 0.2) is 18.2 Å². The molecule has 98 valence electrons. The van der Waals surface area contributed by atoms with Gasteiger partial charge in [-0.05, 0) is 23.8 Å². The highest BCUT2D eigenvalue weighted by Gasteiger charge is 2.23. The summed E-state index contributed by atoms with van der Waals surface area (Å²) in [5.41, 5.74) is 3.23. The number of nitrogens with zero attached hydrogens (tertiary/aromatic N) is 1. The van der Waals surface area contributed by atoms with E-state index in [1.54, 1.807) is 4.90 Å². The van der Waals surface area contributed by atoms with Crippen LogP contribution in [0.2, 0.25) is 0 Å². The SMILES string of the molecule is CC(C)NCCNc1ccc2c(c1)CC(=O)N2C. The Hall–Kier alpha value is -1.55. The lowest BCUT2D eigenvalue weighted by Gasteiger charge is -2.12. The zero-order chi connectivity index (χ0) is 13.1. The Morgan fingerprint density at radius 2 is 2.11 bits per heavy atom. The number of nitrogens with one attached hydrogen (secondary N) is 2. The molecule has 4 heteroatoms. The molecular weight excluding hydrogens is 226 g/mol. The van der Waals surface area contributed by atoms with E-state index < -0.39 is 0 Å². The van der Waals surface area contributed by atoms with Crippen molar-refractivity contribution in [3.05, 3.63) is 23.8 Å². The molecule has 1 aromatic carbocycles. The molecule has 0 spiro atoms. The maximum atomic E-state index is 11.6.